The van der Waals surface area contributed by atoms with E-state index in [0.717, 1.165) is 5.56 Å². The fourth-order valence-corrected chi connectivity index (χ4v) is 1.09. The van der Waals surface area contributed by atoms with E-state index in [2.05, 4.69) is 11.8 Å². The maximum atomic E-state index is 10.6. The normalized spacial score (nSPS) is 8.77. The van der Waals surface area contributed by atoms with E-state index in [4.69, 9.17) is 0 Å². The van der Waals surface area contributed by atoms with E-state index in [0.29, 0.717) is 5.56 Å². The predicted octanol–water partition coefficient (Wildman–Crippen LogP) is 2.27. The molecule has 0 bridgehead atoms. The molecule has 0 spiro atoms. The molecule has 0 radical (unpaired) electrons. The molecule has 0 aliphatic rings. The number of hydrogen-bond donors (Lipinski definition) is 0. The first-order valence-electron chi connectivity index (χ1n) is 3.83. The summed E-state index contributed by atoms with van der Waals surface area (Å²) in [5.41, 5.74) is 1.42. The van der Waals surface area contributed by atoms with E-state index in [9.17, 15) is 10.1 Å². The van der Waals surface area contributed by atoms with Crippen molar-refractivity contribution in [3.63, 3.8) is 0 Å². The van der Waals surface area contributed by atoms with Crippen molar-refractivity contribution in [2.45, 2.75) is 13.8 Å². The quantitative estimate of drug-likeness (QED) is 0.373. The van der Waals surface area contributed by atoms with Gasteiger partial charge in [-0.1, -0.05) is 18.1 Å². The average Bonchev–Trinajstić information content (AvgIpc) is 2.08. The first kappa shape index (κ1) is 9.27. The van der Waals surface area contributed by atoms with Gasteiger partial charge in [-0.15, -0.1) is 5.92 Å². The van der Waals surface area contributed by atoms with Crippen molar-refractivity contribution in [3.8, 4) is 11.8 Å². The Balaban J connectivity index is 3.39. The van der Waals surface area contributed by atoms with Crippen LogP contribution < -0.4 is 0 Å². The van der Waals surface area contributed by atoms with Gasteiger partial charge in [0.25, 0.3) is 5.69 Å². The van der Waals surface area contributed by atoms with Crippen molar-refractivity contribution < 1.29 is 4.92 Å². The summed E-state index contributed by atoms with van der Waals surface area (Å²) in [5.74, 6) is 5.40. The molecule has 1 aromatic carbocycles. The minimum atomic E-state index is -0.410. The lowest BCUT2D eigenvalue weighted by atomic mass is 10.1. The monoisotopic (exact) mass is 175 g/mol. The lowest BCUT2D eigenvalue weighted by Crippen LogP contribution is -1.93. The van der Waals surface area contributed by atoms with Crippen molar-refractivity contribution in [1.82, 2.24) is 0 Å². The number of hydrogen-bond acceptors (Lipinski definition) is 2. The summed E-state index contributed by atoms with van der Waals surface area (Å²) >= 11 is 0. The Morgan fingerprint density at radius 3 is 2.69 bits per heavy atom. The van der Waals surface area contributed by atoms with Crippen molar-refractivity contribution in [2.24, 2.45) is 0 Å². The molecule has 3 heteroatoms. The van der Waals surface area contributed by atoms with Crippen molar-refractivity contribution in [3.05, 3.63) is 39.4 Å². The minimum Gasteiger partial charge on any atom is -0.258 e. The molecule has 0 atom stereocenters. The standard InChI is InChI=1S/C10H9NO2/c1-3-5-9-8(2)6-4-7-10(9)11(12)13/h4,6-7H,1-2H3. The van der Waals surface area contributed by atoms with Gasteiger partial charge in [-0.2, -0.15) is 0 Å². The van der Waals surface area contributed by atoms with E-state index in [1.807, 2.05) is 13.0 Å². The van der Waals surface area contributed by atoms with Crippen molar-refractivity contribution in [2.75, 3.05) is 0 Å². The van der Waals surface area contributed by atoms with E-state index in [1.165, 1.54) is 6.07 Å². The van der Waals surface area contributed by atoms with Gasteiger partial charge in [0.1, 0.15) is 5.56 Å². The number of rotatable bonds is 1. The Labute approximate surface area is 76.5 Å². The van der Waals surface area contributed by atoms with Crippen LogP contribution >= 0.6 is 0 Å². The fraction of sp³-hybridized carbons (Fsp3) is 0.200. The van der Waals surface area contributed by atoms with Crippen LogP contribution in [-0.2, 0) is 0 Å². The first-order valence-corrected chi connectivity index (χ1v) is 3.83. The van der Waals surface area contributed by atoms with Gasteiger partial charge in [-0.3, -0.25) is 10.1 Å². The topological polar surface area (TPSA) is 43.1 Å². The average molecular weight is 175 g/mol. The largest absolute Gasteiger partial charge is 0.285 e. The Morgan fingerprint density at radius 2 is 2.15 bits per heavy atom. The van der Waals surface area contributed by atoms with Crippen molar-refractivity contribution in [1.29, 1.82) is 0 Å². The zero-order chi connectivity index (χ0) is 9.84. The predicted molar refractivity (Wildman–Crippen MR) is 50.4 cm³/mol. The highest BCUT2D eigenvalue weighted by Gasteiger charge is 2.12. The molecule has 0 aliphatic heterocycles. The van der Waals surface area contributed by atoms with Crippen LogP contribution in [-0.4, -0.2) is 4.92 Å². The van der Waals surface area contributed by atoms with Crippen LogP contribution in [0.3, 0.4) is 0 Å². The molecular formula is C10H9NO2. The van der Waals surface area contributed by atoms with Crippen LogP contribution in [0.25, 0.3) is 0 Å². The molecule has 0 aromatic heterocycles. The summed E-state index contributed by atoms with van der Waals surface area (Å²) in [6, 6.07) is 4.94. The SMILES string of the molecule is CC#Cc1c(C)cccc1[N+](=O)[O-]. The highest BCUT2D eigenvalue weighted by Crippen LogP contribution is 2.20. The van der Waals surface area contributed by atoms with Crippen LogP contribution in [0.2, 0.25) is 0 Å². The first-order chi connectivity index (χ1) is 6.16. The number of nitro benzene ring substituents is 1. The summed E-state index contributed by atoms with van der Waals surface area (Å²) in [7, 11) is 0. The zero-order valence-electron chi connectivity index (χ0n) is 7.50. The van der Waals surface area contributed by atoms with E-state index < -0.39 is 4.92 Å². The van der Waals surface area contributed by atoms with Gasteiger partial charge in [-0.25, -0.2) is 0 Å². The summed E-state index contributed by atoms with van der Waals surface area (Å²) in [6.45, 7) is 3.48. The maximum absolute atomic E-state index is 10.6. The van der Waals surface area contributed by atoms with Gasteiger partial charge in [0.05, 0.1) is 4.92 Å². The Morgan fingerprint density at radius 1 is 1.46 bits per heavy atom. The highest BCUT2D eigenvalue weighted by molar-refractivity contribution is 5.54. The van der Waals surface area contributed by atoms with Gasteiger partial charge >= 0.3 is 0 Å². The minimum absolute atomic E-state index is 0.0781. The van der Waals surface area contributed by atoms with E-state index in [1.54, 1.807) is 13.0 Å². The zero-order valence-corrected chi connectivity index (χ0v) is 7.50. The number of nitro groups is 1. The smallest absolute Gasteiger partial charge is 0.258 e. The molecule has 1 rings (SSSR count). The molecule has 3 nitrogen and oxygen atoms in total. The van der Waals surface area contributed by atoms with Crippen molar-refractivity contribution >= 4 is 5.69 Å². The third kappa shape index (κ3) is 1.85. The van der Waals surface area contributed by atoms with Crippen LogP contribution in [0.5, 0.6) is 0 Å². The van der Waals surface area contributed by atoms with Gasteiger partial charge in [0.15, 0.2) is 0 Å². The Bertz CT molecular complexity index is 399. The lowest BCUT2D eigenvalue weighted by molar-refractivity contribution is -0.385. The number of benzene rings is 1. The third-order valence-electron chi connectivity index (χ3n) is 1.70. The molecule has 0 saturated carbocycles. The lowest BCUT2D eigenvalue weighted by Gasteiger charge is -1.98. The number of nitrogens with zero attached hydrogens (tertiary/aromatic N) is 1. The third-order valence-corrected chi connectivity index (χ3v) is 1.70. The molecule has 0 amide bonds. The Hall–Kier alpha value is -1.82. The highest BCUT2D eigenvalue weighted by atomic mass is 16.6. The summed E-state index contributed by atoms with van der Waals surface area (Å²) in [5, 5.41) is 10.6. The molecule has 1 aromatic rings. The van der Waals surface area contributed by atoms with Crippen LogP contribution in [0.15, 0.2) is 18.2 Å². The molecule has 13 heavy (non-hydrogen) atoms. The summed E-state index contributed by atoms with van der Waals surface area (Å²) in [6.07, 6.45) is 0. The second kappa shape index (κ2) is 3.72. The molecule has 0 unspecified atom stereocenters. The fourth-order valence-electron chi connectivity index (χ4n) is 1.09. The van der Waals surface area contributed by atoms with Crippen LogP contribution in [0.1, 0.15) is 18.1 Å². The van der Waals surface area contributed by atoms with Crippen LogP contribution in [0.4, 0.5) is 5.69 Å². The van der Waals surface area contributed by atoms with Gasteiger partial charge < -0.3 is 0 Å². The maximum Gasteiger partial charge on any atom is 0.285 e. The molecular weight excluding hydrogens is 166 g/mol. The Kier molecular flexibility index (Phi) is 2.65. The molecule has 0 heterocycles. The van der Waals surface area contributed by atoms with Gasteiger partial charge in [0.2, 0.25) is 0 Å². The molecule has 0 aliphatic carbocycles. The molecule has 0 N–H and O–H groups in total. The summed E-state index contributed by atoms with van der Waals surface area (Å²) in [4.78, 5) is 10.2. The van der Waals surface area contributed by atoms with E-state index >= 15 is 0 Å². The van der Waals surface area contributed by atoms with Crippen LogP contribution in [0, 0.1) is 28.9 Å². The number of aryl methyl sites for hydroxylation is 1. The van der Waals surface area contributed by atoms with E-state index in [-0.39, 0.29) is 5.69 Å². The molecule has 0 saturated heterocycles. The molecule has 66 valence electrons. The molecule has 0 fully saturated rings. The second-order valence-electron chi connectivity index (χ2n) is 2.60. The second-order valence-corrected chi connectivity index (χ2v) is 2.60. The van der Waals surface area contributed by atoms with Gasteiger partial charge in [-0.05, 0) is 19.4 Å². The van der Waals surface area contributed by atoms with Gasteiger partial charge in [0, 0.05) is 6.07 Å². The summed E-state index contributed by atoms with van der Waals surface area (Å²) < 4.78 is 0.